The lowest BCUT2D eigenvalue weighted by molar-refractivity contribution is -0.383. The van der Waals surface area contributed by atoms with Gasteiger partial charge in [-0.1, -0.05) is 6.07 Å². The van der Waals surface area contributed by atoms with E-state index in [1.54, 1.807) is 12.1 Å². The highest BCUT2D eigenvalue weighted by Gasteiger charge is 2.16. The van der Waals surface area contributed by atoms with Crippen molar-refractivity contribution >= 4 is 17.3 Å². The van der Waals surface area contributed by atoms with Crippen molar-refractivity contribution in [3.05, 3.63) is 33.9 Å². The number of hydrogen-bond donors (Lipinski definition) is 2. The van der Waals surface area contributed by atoms with Crippen LogP contribution in [0.1, 0.15) is 12.0 Å². The fourth-order valence-corrected chi connectivity index (χ4v) is 2.13. The highest BCUT2D eigenvalue weighted by molar-refractivity contribution is 5.78. The third kappa shape index (κ3) is 3.41. The van der Waals surface area contributed by atoms with Crippen LogP contribution in [0.3, 0.4) is 0 Å². The van der Waals surface area contributed by atoms with Gasteiger partial charge in [-0.05, 0) is 18.1 Å². The zero-order valence-corrected chi connectivity index (χ0v) is 10.5. The maximum Gasteiger partial charge on any atom is 0.292 e. The van der Waals surface area contributed by atoms with Gasteiger partial charge >= 0.3 is 0 Å². The largest absolute Gasteiger partial charge is 0.393 e. The molecular weight excluding hydrogens is 248 g/mol. The minimum Gasteiger partial charge on any atom is -0.393 e. The van der Waals surface area contributed by atoms with Crippen LogP contribution in [0.25, 0.3) is 0 Å². The van der Waals surface area contributed by atoms with E-state index in [1.807, 2.05) is 4.90 Å². The van der Waals surface area contributed by atoms with Crippen LogP contribution >= 0.6 is 0 Å². The summed E-state index contributed by atoms with van der Waals surface area (Å²) < 4.78 is 0. The molecule has 1 aliphatic heterocycles. The topological polar surface area (TPSA) is 102 Å². The van der Waals surface area contributed by atoms with E-state index in [-0.39, 0.29) is 17.3 Å². The van der Waals surface area contributed by atoms with Crippen molar-refractivity contribution in [2.45, 2.75) is 13.0 Å². The van der Waals surface area contributed by atoms with E-state index in [0.717, 1.165) is 18.5 Å². The number of nitro benzene ring substituents is 1. The fraction of sp³-hybridized carbons (Fsp3) is 0.417. The predicted octanol–water partition coefficient (Wildman–Crippen LogP) is 0.499. The van der Waals surface area contributed by atoms with E-state index < -0.39 is 4.92 Å². The molecule has 7 heteroatoms. The van der Waals surface area contributed by atoms with E-state index in [2.05, 4.69) is 5.32 Å². The number of nitro groups is 1. The molecule has 19 heavy (non-hydrogen) atoms. The summed E-state index contributed by atoms with van der Waals surface area (Å²) in [7, 11) is 0. The number of nitrogens with one attached hydrogen (secondary N) is 1. The molecule has 1 fully saturated rings. The highest BCUT2D eigenvalue weighted by Crippen LogP contribution is 2.22. The Kier molecular flexibility index (Phi) is 3.96. The molecule has 1 aliphatic rings. The van der Waals surface area contributed by atoms with Crippen molar-refractivity contribution in [2.24, 2.45) is 0 Å². The molecule has 1 aromatic carbocycles. The summed E-state index contributed by atoms with van der Waals surface area (Å²) in [5.41, 5.74) is 6.59. The molecule has 0 radical (unpaired) electrons. The average molecular weight is 264 g/mol. The quantitative estimate of drug-likeness (QED) is 0.470. The summed E-state index contributed by atoms with van der Waals surface area (Å²) in [6, 6.07) is 4.68. The SMILES string of the molecule is Nc1cc(CN2CCCNC(=O)C2)ccc1[N+](=O)[O-]. The Hall–Kier alpha value is -2.15. The molecule has 0 aliphatic carbocycles. The second-order valence-corrected chi connectivity index (χ2v) is 4.56. The Bertz CT molecular complexity index is 504. The number of rotatable bonds is 3. The molecule has 7 nitrogen and oxygen atoms in total. The monoisotopic (exact) mass is 264 g/mol. The molecule has 0 unspecified atom stereocenters. The number of hydrogen-bond acceptors (Lipinski definition) is 5. The third-order valence-corrected chi connectivity index (χ3v) is 3.04. The van der Waals surface area contributed by atoms with Crippen LogP contribution in [0.15, 0.2) is 18.2 Å². The molecule has 102 valence electrons. The minimum absolute atomic E-state index is 0.00684. The van der Waals surface area contributed by atoms with Crippen molar-refractivity contribution in [3.8, 4) is 0 Å². The molecule has 2 rings (SSSR count). The summed E-state index contributed by atoms with van der Waals surface area (Å²) in [6.45, 7) is 2.42. The van der Waals surface area contributed by atoms with Crippen molar-refractivity contribution < 1.29 is 9.72 Å². The van der Waals surface area contributed by atoms with Crippen LogP contribution in [-0.2, 0) is 11.3 Å². The van der Waals surface area contributed by atoms with Gasteiger partial charge in [0.25, 0.3) is 5.69 Å². The smallest absolute Gasteiger partial charge is 0.292 e. The Labute approximate surface area is 110 Å². The molecule has 0 spiro atoms. The standard InChI is InChI=1S/C12H16N4O3/c13-10-6-9(2-3-11(10)16(18)19)7-15-5-1-4-14-12(17)8-15/h2-3,6H,1,4-5,7-8,13H2,(H,14,17). The van der Waals surface area contributed by atoms with Crippen molar-refractivity contribution in [1.82, 2.24) is 10.2 Å². The number of anilines is 1. The fourth-order valence-electron chi connectivity index (χ4n) is 2.13. The van der Waals surface area contributed by atoms with Gasteiger partial charge < -0.3 is 11.1 Å². The number of nitrogens with zero attached hydrogens (tertiary/aromatic N) is 2. The number of benzene rings is 1. The van der Waals surface area contributed by atoms with E-state index in [9.17, 15) is 14.9 Å². The van der Waals surface area contributed by atoms with E-state index in [0.29, 0.717) is 19.6 Å². The lowest BCUT2D eigenvalue weighted by Crippen LogP contribution is -2.32. The summed E-state index contributed by atoms with van der Waals surface area (Å²) in [6.07, 6.45) is 0.897. The summed E-state index contributed by atoms with van der Waals surface area (Å²) in [5.74, 6) is 0.00684. The van der Waals surface area contributed by atoms with Crippen LogP contribution in [0.2, 0.25) is 0 Å². The normalized spacial score (nSPS) is 16.7. The van der Waals surface area contributed by atoms with Gasteiger partial charge in [0, 0.05) is 25.7 Å². The molecule has 1 aromatic rings. The lowest BCUT2D eigenvalue weighted by atomic mass is 10.1. The molecule has 0 bridgehead atoms. The molecule has 3 N–H and O–H groups in total. The maximum absolute atomic E-state index is 11.4. The molecular formula is C12H16N4O3. The Balaban J connectivity index is 2.08. The Morgan fingerprint density at radius 1 is 1.47 bits per heavy atom. The summed E-state index contributed by atoms with van der Waals surface area (Å²) >= 11 is 0. The van der Waals surface area contributed by atoms with Gasteiger partial charge in [-0.15, -0.1) is 0 Å². The number of nitrogen functional groups attached to an aromatic ring is 1. The Morgan fingerprint density at radius 2 is 2.26 bits per heavy atom. The van der Waals surface area contributed by atoms with Crippen LogP contribution in [0.5, 0.6) is 0 Å². The first kappa shape index (κ1) is 13.3. The highest BCUT2D eigenvalue weighted by atomic mass is 16.6. The zero-order chi connectivity index (χ0) is 13.8. The van der Waals surface area contributed by atoms with E-state index >= 15 is 0 Å². The second-order valence-electron chi connectivity index (χ2n) is 4.56. The minimum atomic E-state index is -0.501. The van der Waals surface area contributed by atoms with E-state index in [1.165, 1.54) is 6.07 Å². The van der Waals surface area contributed by atoms with Crippen LogP contribution < -0.4 is 11.1 Å². The number of nitrogens with two attached hydrogens (primary N) is 1. The molecule has 0 aromatic heterocycles. The number of carbonyl (C=O) groups excluding carboxylic acids is 1. The van der Waals surface area contributed by atoms with Crippen LogP contribution in [-0.4, -0.2) is 35.4 Å². The molecule has 0 atom stereocenters. The van der Waals surface area contributed by atoms with Gasteiger partial charge in [0.05, 0.1) is 11.5 Å². The van der Waals surface area contributed by atoms with Gasteiger partial charge in [-0.3, -0.25) is 19.8 Å². The number of carbonyl (C=O) groups is 1. The van der Waals surface area contributed by atoms with Gasteiger partial charge in [0.2, 0.25) is 5.91 Å². The second kappa shape index (κ2) is 5.66. The van der Waals surface area contributed by atoms with Crippen molar-refractivity contribution in [3.63, 3.8) is 0 Å². The first-order valence-electron chi connectivity index (χ1n) is 6.08. The maximum atomic E-state index is 11.4. The zero-order valence-electron chi connectivity index (χ0n) is 10.5. The lowest BCUT2D eigenvalue weighted by Gasteiger charge is -2.18. The van der Waals surface area contributed by atoms with Crippen LogP contribution in [0.4, 0.5) is 11.4 Å². The molecule has 1 amide bonds. The summed E-state index contributed by atoms with van der Waals surface area (Å²) in [4.78, 5) is 23.6. The average Bonchev–Trinajstić information content (AvgIpc) is 2.53. The summed E-state index contributed by atoms with van der Waals surface area (Å²) in [5, 5.41) is 13.5. The van der Waals surface area contributed by atoms with Crippen molar-refractivity contribution in [2.75, 3.05) is 25.4 Å². The Morgan fingerprint density at radius 3 is 2.95 bits per heavy atom. The first-order valence-corrected chi connectivity index (χ1v) is 6.08. The van der Waals surface area contributed by atoms with Crippen molar-refractivity contribution in [1.29, 1.82) is 0 Å². The van der Waals surface area contributed by atoms with Gasteiger partial charge in [0.15, 0.2) is 0 Å². The molecule has 1 heterocycles. The van der Waals surface area contributed by atoms with Crippen LogP contribution in [0, 0.1) is 10.1 Å². The predicted molar refractivity (Wildman–Crippen MR) is 70.4 cm³/mol. The number of amides is 1. The molecule has 1 saturated heterocycles. The molecule has 0 saturated carbocycles. The van der Waals surface area contributed by atoms with E-state index in [4.69, 9.17) is 5.73 Å². The first-order chi connectivity index (χ1) is 9.06. The van der Waals surface area contributed by atoms with Gasteiger partial charge in [0.1, 0.15) is 5.69 Å². The van der Waals surface area contributed by atoms with Gasteiger partial charge in [-0.25, -0.2) is 0 Å². The van der Waals surface area contributed by atoms with Gasteiger partial charge in [-0.2, -0.15) is 0 Å². The third-order valence-electron chi connectivity index (χ3n) is 3.04.